The minimum atomic E-state index is -1.01. The van der Waals surface area contributed by atoms with E-state index in [1.54, 1.807) is 17.4 Å². The Morgan fingerprint density at radius 2 is 2.23 bits per heavy atom. The highest BCUT2D eigenvalue weighted by atomic mass is 32.1. The maximum Gasteiger partial charge on any atom is 0.371 e. The van der Waals surface area contributed by atoms with Gasteiger partial charge in [0.05, 0.1) is 4.70 Å². The highest BCUT2D eigenvalue weighted by Crippen LogP contribution is 2.32. The minimum absolute atomic E-state index is 0.0179. The summed E-state index contributed by atoms with van der Waals surface area (Å²) in [7, 11) is 0. The lowest BCUT2D eigenvalue weighted by molar-refractivity contribution is 0.0665. The second-order valence-electron chi connectivity index (χ2n) is 2.89. The Bertz CT molecular complexity index is 478. The molecular formula is C9H8O3S. The van der Waals surface area contributed by atoms with Gasteiger partial charge in [-0.15, -0.1) is 11.3 Å². The molecule has 0 aliphatic carbocycles. The minimum Gasteiger partial charge on any atom is -0.475 e. The van der Waals surface area contributed by atoms with Gasteiger partial charge in [0.2, 0.25) is 5.76 Å². The molecule has 3 nitrogen and oxygen atoms in total. The largest absolute Gasteiger partial charge is 0.475 e. The number of hydrogen-bond donors (Lipinski definition) is 1. The van der Waals surface area contributed by atoms with Crippen molar-refractivity contribution in [3.05, 3.63) is 22.3 Å². The number of carboxylic acids is 1. The van der Waals surface area contributed by atoms with Crippen molar-refractivity contribution in [2.45, 2.75) is 13.8 Å². The summed E-state index contributed by atoms with van der Waals surface area (Å²) in [5, 5.41) is 8.68. The Morgan fingerprint density at radius 1 is 1.54 bits per heavy atom. The standard InChI is InChI=1S/C9H8O3S/c1-4-5(2)13-7-3-6(9(10)11)12-8(4)7/h3H,1-2H3,(H,10,11). The van der Waals surface area contributed by atoms with Gasteiger partial charge in [-0.2, -0.15) is 0 Å². The molecule has 0 spiro atoms. The van der Waals surface area contributed by atoms with E-state index >= 15 is 0 Å². The fourth-order valence-electron chi connectivity index (χ4n) is 1.22. The normalized spacial score (nSPS) is 10.9. The average Bonchev–Trinajstić information content (AvgIpc) is 2.55. The summed E-state index contributed by atoms with van der Waals surface area (Å²) < 4.78 is 6.10. The van der Waals surface area contributed by atoms with E-state index in [2.05, 4.69) is 0 Å². The van der Waals surface area contributed by atoms with Gasteiger partial charge in [0, 0.05) is 16.5 Å². The zero-order chi connectivity index (χ0) is 9.59. The number of rotatable bonds is 1. The van der Waals surface area contributed by atoms with Crippen LogP contribution in [0, 0.1) is 13.8 Å². The summed E-state index contributed by atoms with van der Waals surface area (Å²) in [6.07, 6.45) is 0. The molecule has 0 bridgehead atoms. The van der Waals surface area contributed by atoms with Crippen LogP contribution in [0.5, 0.6) is 0 Å². The summed E-state index contributed by atoms with van der Waals surface area (Å²) in [6.45, 7) is 3.93. The lowest BCUT2D eigenvalue weighted by atomic mass is 10.3. The molecule has 0 aliphatic heterocycles. The first-order valence-electron chi connectivity index (χ1n) is 3.82. The van der Waals surface area contributed by atoms with Crippen molar-refractivity contribution in [2.75, 3.05) is 0 Å². The van der Waals surface area contributed by atoms with Gasteiger partial charge in [-0.05, 0) is 13.8 Å². The summed E-state index contributed by atoms with van der Waals surface area (Å²) in [6, 6.07) is 1.57. The molecule has 0 atom stereocenters. The second-order valence-corrected chi connectivity index (χ2v) is 4.15. The van der Waals surface area contributed by atoms with Gasteiger partial charge in [-0.25, -0.2) is 4.79 Å². The first kappa shape index (κ1) is 8.31. The Hall–Kier alpha value is -1.29. The molecule has 0 aromatic carbocycles. The molecule has 0 radical (unpaired) electrons. The van der Waals surface area contributed by atoms with Gasteiger partial charge < -0.3 is 9.52 Å². The fraction of sp³-hybridized carbons (Fsp3) is 0.222. The van der Waals surface area contributed by atoms with Crippen molar-refractivity contribution in [1.82, 2.24) is 0 Å². The molecule has 13 heavy (non-hydrogen) atoms. The zero-order valence-electron chi connectivity index (χ0n) is 7.25. The number of furan rings is 1. The number of aryl methyl sites for hydroxylation is 2. The number of carbonyl (C=O) groups is 1. The van der Waals surface area contributed by atoms with Crippen LogP contribution in [0.3, 0.4) is 0 Å². The number of aromatic carboxylic acids is 1. The third kappa shape index (κ3) is 1.14. The number of carboxylic acid groups (broad SMARTS) is 1. The van der Waals surface area contributed by atoms with Crippen LogP contribution in [0.4, 0.5) is 0 Å². The summed E-state index contributed by atoms with van der Waals surface area (Å²) >= 11 is 1.56. The lowest BCUT2D eigenvalue weighted by Gasteiger charge is -1.87. The van der Waals surface area contributed by atoms with Crippen molar-refractivity contribution in [3.8, 4) is 0 Å². The van der Waals surface area contributed by atoms with E-state index in [-0.39, 0.29) is 5.76 Å². The van der Waals surface area contributed by atoms with Crippen LogP contribution < -0.4 is 0 Å². The summed E-state index contributed by atoms with van der Waals surface area (Å²) in [5.74, 6) is -0.996. The van der Waals surface area contributed by atoms with E-state index < -0.39 is 5.97 Å². The number of fused-ring (bicyclic) bond motifs is 1. The van der Waals surface area contributed by atoms with Crippen LogP contribution in [0.2, 0.25) is 0 Å². The smallest absolute Gasteiger partial charge is 0.371 e. The molecular weight excluding hydrogens is 188 g/mol. The first-order chi connectivity index (χ1) is 6.09. The predicted octanol–water partition coefficient (Wildman–Crippen LogP) is 2.81. The van der Waals surface area contributed by atoms with Gasteiger partial charge in [-0.3, -0.25) is 0 Å². The third-order valence-corrected chi connectivity index (χ3v) is 3.18. The Labute approximate surface area is 78.6 Å². The molecule has 0 fully saturated rings. The van der Waals surface area contributed by atoms with Gasteiger partial charge in [0.1, 0.15) is 5.58 Å². The lowest BCUT2D eigenvalue weighted by Crippen LogP contribution is -1.91. The van der Waals surface area contributed by atoms with Crippen LogP contribution in [0.25, 0.3) is 10.3 Å². The van der Waals surface area contributed by atoms with Crippen LogP contribution in [0.1, 0.15) is 21.0 Å². The van der Waals surface area contributed by atoms with Crippen LogP contribution >= 0.6 is 11.3 Å². The van der Waals surface area contributed by atoms with E-state index in [1.807, 2.05) is 13.8 Å². The van der Waals surface area contributed by atoms with Crippen molar-refractivity contribution in [1.29, 1.82) is 0 Å². The molecule has 0 amide bonds. The number of thiophene rings is 1. The molecule has 4 heteroatoms. The molecule has 0 saturated heterocycles. The topological polar surface area (TPSA) is 50.4 Å². The maximum atomic E-state index is 10.6. The van der Waals surface area contributed by atoms with Gasteiger partial charge >= 0.3 is 5.97 Å². The molecule has 1 N–H and O–H groups in total. The van der Waals surface area contributed by atoms with E-state index in [4.69, 9.17) is 9.52 Å². The van der Waals surface area contributed by atoms with Crippen molar-refractivity contribution in [2.24, 2.45) is 0 Å². The van der Waals surface area contributed by atoms with Crippen LogP contribution in [-0.4, -0.2) is 11.1 Å². The van der Waals surface area contributed by atoms with Crippen molar-refractivity contribution in [3.63, 3.8) is 0 Å². The molecule has 2 aromatic rings. The monoisotopic (exact) mass is 196 g/mol. The third-order valence-electron chi connectivity index (χ3n) is 2.04. The average molecular weight is 196 g/mol. The molecule has 2 aromatic heterocycles. The van der Waals surface area contributed by atoms with E-state index in [9.17, 15) is 4.79 Å². The first-order valence-corrected chi connectivity index (χ1v) is 4.64. The van der Waals surface area contributed by atoms with Crippen LogP contribution in [-0.2, 0) is 0 Å². The highest BCUT2D eigenvalue weighted by Gasteiger charge is 2.14. The molecule has 68 valence electrons. The molecule has 0 saturated carbocycles. The summed E-state index contributed by atoms with van der Waals surface area (Å²) in [4.78, 5) is 11.7. The van der Waals surface area contributed by atoms with E-state index in [0.717, 1.165) is 10.3 Å². The van der Waals surface area contributed by atoms with E-state index in [1.165, 1.54) is 4.88 Å². The number of hydrogen-bond acceptors (Lipinski definition) is 3. The summed E-state index contributed by atoms with van der Waals surface area (Å²) in [5.41, 5.74) is 1.74. The maximum absolute atomic E-state index is 10.6. The molecule has 0 aliphatic rings. The van der Waals surface area contributed by atoms with Crippen LogP contribution in [0.15, 0.2) is 10.5 Å². The second kappa shape index (κ2) is 2.60. The Morgan fingerprint density at radius 3 is 2.77 bits per heavy atom. The highest BCUT2D eigenvalue weighted by molar-refractivity contribution is 7.19. The SMILES string of the molecule is Cc1sc2cc(C(=O)O)oc2c1C. The van der Waals surface area contributed by atoms with Gasteiger partial charge in [0.15, 0.2) is 0 Å². The van der Waals surface area contributed by atoms with Gasteiger partial charge in [0.25, 0.3) is 0 Å². The Balaban J connectivity index is 2.72. The molecule has 2 heterocycles. The zero-order valence-corrected chi connectivity index (χ0v) is 8.07. The van der Waals surface area contributed by atoms with E-state index in [0.29, 0.717) is 5.58 Å². The van der Waals surface area contributed by atoms with Crippen molar-refractivity contribution < 1.29 is 14.3 Å². The fourth-order valence-corrected chi connectivity index (χ4v) is 2.25. The predicted molar refractivity (Wildman–Crippen MR) is 50.5 cm³/mol. The molecule has 0 unspecified atom stereocenters. The van der Waals surface area contributed by atoms with Crippen molar-refractivity contribution >= 4 is 27.6 Å². The quantitative estimate of drug-likeness (QED) is 0.762. The van der Waals surface area contributed by atoms with Gasteiger partial charge in [-0.1, -0.05) is 0 Å². The molecule has 2 rings (SSSR count). The Kier molecular flexibility index (Phi) is 1.66.